The summed E-state index contributed by atoms with van der Waals surface area (Å²) in [4.78, 5) is 0. The normalized spacial score (nSPS) is 16.8. The van der Waals surface area contributed by atoms with E-state index >= 15 is 0 Å². The van der Waals surface area contributed by atoms with Gasteiger partial charge in [0.05, 0.1) is 12.7 Å². The van der Waals surface area contributed by atoms with Crippen molar-refractivity contribution in [1.82, 2.24) is 0 Å². The van der Waals surface area contributed by atoms with Crippen molar-refractivity contribution in [3.8, 4) is 11.8 Å². The Labute approximate surface area is 90.5 Å². The van der Waals surface area contributed by atoms with Crippen LogP contribution < -0.4 is 4.74 Å². The molecule has 0 aromatic heterocycles. The highest BCUT2D eigenvalue weighted by Crippen LogP contribution is 2.48. The van der Waals surface area contributed by atoms with Gasteiger partial charge in [-0.25, -0.2) is 0 Å². The van der Waals surface area contributed by atoms with E-state index in [0.29, 0.717) is 13.0 Å². The summed E-state index contributed by atoms with van der Waals surface area (Å²) in [5, 5.41) is 8.67. The van der Waals surface area contributed by atoms with Gasteiger partial charge in [-0.15, -0.1) is 0 Å². The molecule has 1 aromatic rings. The molecule has 0 atom stereocenters. The van der Waals surface area contributed by atoms with Gasteiger partial charge in [-0.1, -0.05) is 17.7 Å². The molecule has 0 N–H and O–H groups in total. The van der Waals surface area contributed by atoms with E-state index < -0.39 is 0 Å². The molecule has 2 rings (SSSR count). The maximum Gasteiger partial charge on any atom is 0.119 e. The molecule has 1 fully saturated rings. The van der Waals surface area contributed by atoms with E-state index in [-0.39, 0.29) is 5.41 Å². The zero-order valence-electron chi connectivity index (χ0n) is 8.99. The van der Waals surface area contributed by atoms with Gasteiger partial charge in [0, 0.05) is 11.8 Å². The molecule has 0 radical (unpaired) electrons. The summed E-state index contributed by atoms with van der Waals surface area (Å²) in [6.07, 6.45) is 2.89. The maximum absolute atomic E-state index is 8.67. The molecule has 0 amide bonds. The zero-order chi connectivity index (χ0) is 10.7. The van der Waals surface area contributed by atoms with Gasteiger partial charge in [-0.3, -0.25) is 0 Å². The third-order valence-corrected chi connectivity index (χ3v) is 2.98. The smallest absolute Gasteiger partial charge is 0.119 e. The number of hydrogen-bond donors (Lipinski definition) is 0. The van der Waals surface area contributed by atoms with E-state index in [0.717, 1.165) is 18.6 Å². The molecular formula is C13H15NO. The van der Waals surface area contributed by atoms with Gasteiger partial charge < -0.3 is 4.74 Å². The van der Waals surface area contributed by atoms with Crippen LogP contribution in [-0.2, 0) is 0 Å². The second-order valence-corrected chi connectivity index (χ2v) is 4.44. The topological polar surface area (TPSA) is 33.0 Å². The largest absolute Gasteiger partial charge is 0.493 e. The number of nitrogens with zero attached hydrogens (tertiary/aromatic N) is 1. The van der Waals surface area contributed by atoms with Crippen LogP contribution in [0.1, 0.15) is 24.8 Å². The van der Waals surface area contributed by atoms with Crippen molar-refractivity contribution in [2.75, 3.05) is 6.61 Å². The lowest BCUT2D eigenvalue weighted by molar-refractivity contribution is 0.237. The van der Waals surface area contributed by atoms with Crippen LogP contribution in [-0.4, -0.2) is 6.61 Å². The van der Waals surface area contributed by atoms with E-state index in [4.69, 9.17) is 10.00 Å². The molecule has 0 bridgehead atoms. The summed E-state index contributed by atoms with van der Waals surface area (Å²) in [5.41, 5.74) is 1.40. The van der Waals surface area contributed by atoms with Crippen LogP contribution in [0.3, 0.4) is 0 Å². The fourth-order valence-electron chi connectivity index (χ4n) is 1.59. The highest BCUT2D eigenvalue weighted by Gasteiger charge is 2.43. The van der Waals surface area contributed by atoms with Gasteiger partial charge >= 0.3 is 0 Å². The van der Waals surface area contributed by atoms with E-state index in [1.54, 1.807) is 0 Å². The summed E-state index contributed by atoms with van der Waals surface area (Å²) < 4.78 is 5.69. The Balaban J connectivity index is 1.88. The molecule has 1 aromatic carbocycles. The highest BCUT2D eigenvalue weighted by molar-refractivity contribution is 5.26. The van der Waals surface area contributed by atoms with E-state index in [2.05, 4.69) is 13.0 Å². The molecule has 2 heteroatoms. The Hall–Kier alpha value is -1.49. The zero-order valence-corrected chi connectivity index (χ0v) is 8.99. The standard InChI is InChI=1S/C13H15NO/c1-11-2-4-12(5-3-11)15-10-13(6-7-13)8-9-14/h2-5H,6-8,10H2,1H3. The van der Waals surface area contributed by atoms with E-state index in [1.807, 2.05) is 24.3 Å². The summed E-state index contributed by atoms with van der Waals surface area (Å²) in [7, 11) is 0. The van der Waals surface area contributed by atoms with Crippen molar-refractivity contribution in [2.45, 2.75) is 26.2 Å². The number of hydrogen-bond acceptors (Lipinski definition) is 2. The van der Waals surface area contributed by atoms with Gasteiger partial charge in [0.25, 0.3) is 0 Å². The summed E-state index contributed by atoms with van der Waals surface area (Å²) >= 11 is 0. The summed E-state index contributed by atoms with van der Waals surface area (Å²) in [6.45, 7) is 2.74. The SMILES string of the molecule is Cc1ccc(OCC2(CC#N)CC2)cc1. The van der Waals surface area contributed by atoms with E-state index in [9.17, 15) is 0 Å². The van der Waals surface area contributed by atoms with Crippen molar-refractivity contribution in [1.29, 1.82) is 5.26 Å². The number of benzene rings is 1. The Morgan fingerprint density at radius 3 is 2.53 bits per heavy atom. The average molecular weight is 201 g/mol. The highest BCUT2D eigenvalue weighted by atomic mass is 16.5. The second-order valence-electron chi connectivity index (χ2n) is 4.44. The van der Waals surface area contributed by atoms with Crippen LogP contribution in [0.25, 0.3) is 0 Å². The van der Waals surface area contributed by atoms with Crippen LogP contribution >= 0.6 is 0 Å². The Bertz CT molecular complexity index is 371. The quantitative estimate of drug-likeness (QED) is 0.750. The molecule has 1 saturated carbocycles. The molecular weight excluding hydrogens is 186 g/mol. The minimum atomic E-state index is 0.166. The lowest BCUT2D eigenvalue weighted by atomic mass is 10.1. The number of rotatable bonds is 4. The van der Waals surface area contributed by atoms with Crippen molar-refractivity contribution >= 4 is 0 Å². The molecule has 15 heavy (non-hydrogen) atoms. The molecule has 0 unspecified atom stereocenters. The van der Waals surface area contributed by atoms with E-state index in [1.165, 1.54) is 5.56 Å². The molecule has 0 aliphatic heterocycles. The van der Waals surface area contributed by atoms with Gasteiger partial charge in [0.1, 0.15) is 5.75 Å². The predicted molar refractivity (Wildman–Crippen MR) is 58.6 cm³/mol. The third-order valence-electron chi connectivity index (χ3n) is 2.98. The first kappa shape index (κ1) is 10.0. The Kier molecular flexibility index (Phi) is 2.64. The van der Waals surface area contributed by atoms with Crippen molar-refractivity contribution in [3.05, 3.63) is 29.8 Å². The van der Waals surface area contributed by atoms with Crippen LogP contribution in [0.5, 0.6) is 5.75 Å². The first-order valence-electron chi connectivity index (χ1n) is 5.31. The van der Waals surface area contributed by atoms with Crippen LogP contribution in [0.4, 0.5) is 0 Å². The molecule has 0 spiro atoms. The number of nitriles is 1. The monoisotopic (exact) mass is 201 g/mol. The van der Waals surface area contributed by atoms with Crippen molar-refractivity contribution < 1.29 is 4.74 Å². The average Bonchev–Trinajstić information content (AvgIpc) is 2.99. The predicted octanol–water partition coefficient (Wildman–Crippen LogP) is 3.07. The molecule has 78 valence electrons. The molecule has 2 nitrogen and oxygen atoms in total. The molecule has 0 heterocycles. The van der Waals surface area contributed by atoms with Gasteiger partial charge in [0.15, 0.2) is 0 Å². The summed E-state index contributed by atoms with van der Waals surface area (Å²) in [5.74, 6) is 0.907. The maximum atomic E-state index is 8.67. The lowest BCUT2D eigenvalue weighted by Gasteiger charge is -2.12. The fraction of sp³-hybridized carbons (Fsp3) is 0.462. The summed E-state index contributed by atoms with van der Waals surface area (Å²) in [6, 6.07) is 10.3. The van der Waals surface area contributed by atoms with Gasteiger partial charge in [-0.2, -0.15) is 5.26 Å². The molecule has 1 aliphatic carbocycles. The van der Waals surface area contributed by atoms with Gasteiger partial charge in [-0.05, 0) is 31.9 Å². The Morgan fingerprint density at radius 2 is 2.00 bits per heavy atom. The number of aryl methyl sites for hydroxylation is 1. The first-order chi connectivity index (χ1) is 7.24. The van der Waals surface area contributed by atoms with Crippen LogP contribution in [0, 0.1) is 23.7 Å². The molecule has 0 saturated heterocycles. The Morgan fingerprint density at radius 1 is 1.33 bits per heavy atom. The van der Waals surface area contributed by atoms with Crippen LogP contribution in [0.2, 0.25) is 0 Å². The number of ether oxygens (including phenoxy) is 1. The minimum absolute atomic E-state index is 0.166. The minimum Gasteiger partial charge on any atom is -0.493 e. The first-order valence-corrected chi connectivity index (χ1v) is 5.31. The van der Waals surface area contributed by atoms with Gasteiger partial charge in [0.2, 0.25) is 0 Å². The van der Waals surface area contributed by atoms with Crippen molar-refractivity contribution in [3.63, 3.8) is 0 Å². The fourth-order valence-corrected chi connectivity index (χ4v) is 1.59. The lowest BCUT2D eigenvalue weighted by Crippen LogP contribution is -2.12. The van der Waals surface area contributed by atoms with Crippen molar-refractivity contribution in [2.24, 2.45) is 5.41 Å². The molecule has 1 aliphatic rings. The third kappa shape index (κ3) is 2.50. The second kappa shape index (κ2) is 3.94. The van der Waals surface area contributed by atoms with Crippen LogP contribution in [0.15, 0.2) is 24.3 Å².